The number of benzene rings is 2. The number of carbonyl (C=O) groups excluding carboxylic acids is 1. The average molecular weight is 395 g/mol. The number of fused-ring (bicyclic) bond motifs is 1. The van der Waals surface area contributed by atoms with Gasteiger partial charge in [0.25, 0.3) is 0 Å². The van der Waals surface area contributed by atoms with Gasteiger partial charge >= 0.3 is 0 Å². The third-order valence-electron chi connectivity index (χ3n) is 4.79. The quantitative estimate of drug-likeness (QED) is 0.589. The van der Waals surface area contributed by atoms with Crippen molar-refractivity contribution in [3.05, 3.63) is 59.4 Å². The van der Waals surface area contributed by atoms with Crippen molar-refractivity contribution in [1.29, 1.82) is 0 Å². The second kappa shape index (κ2) is 8.73. The SMILES string of the molecule is COc1ccc(C=CC(=O)NC(C)c2oc3ccc(OC)cc3c2C)c(OC)c1. The molecule has 1 aromatic heterocycles. The molecular formula is C23H25NO5. The third-order valence-corrected chi connectivity index (χ3v) is 4.79. The van der Waals surface area contributed by atoms with Crippen LogP contribution in [0.4, 0.5) is 0 Å². The number of hydrogen-bond donors (Lipinski definition) is 1. The molecule has 0 aliphatic heterocycles. The van der Waals surface area contributed by atoms with Gasteiger partial charge in [0, 0.05) is 28.7 Å². The lowest BCUT2D eigenvalue weighted by Crippen LogP contribution is -2.24. The average Bonchev–Trinajstić information content (AvgIpc) is 3.08. The second-order valence-electron chi connectivity index (χ2n) is 6.62. The van der Waals surface area contributed by atoms with Gasteiger partial charge in [-0.1, -0.05) is 0 Å². The van der Waals surface area contributed by atoms with Gasteiger partial charge in [0.1, 0.15) is 28.6 Å². The molecule has 0 radical (unpaired) electrons. The first kappa shape index (κ1) is 20.3. The number of amides is 1. The largest absolute Gasteiger partial charge is 0.497 e. The van der Waals surface area contributed by atoms with Crippen molar-refractivity contribution in [3.63, 3.8) is 0 Å². The highest BCUT2D eigenvalue weighted by Crippen LogP contribution is 2.32. The van der Waals surface area contributed by atoms with Crippen LogP contribution < -0.4 is 19.5 Å². The van der Waals surface area contributed by atoms with Gasteiger partial charge < -0.3 is 23.9 Å². The molecular weight excluding hydrogens is 370 g/mol. The molecule has 0 aliphatic carbocycles. The Morgan fingerprint density at radius 1 is 1.03 bits per heavy atom. The normalized spacial score (nSPS) is 12.2. The van der Waals surface area contributed by atoms with Gasteiger partial charge in [0.15, 0.2) is 0 Å². The van der Waals surface area contributed by atoms with Crippen molar-refractivity contribution in [2.75, 3.05) is 21.3 Å². The molecule has 1 atom stereocenters. The number of furan rings is 1. The fraction of sp³-hybridized carbons (Fsp3) is 0.261. The van der Waals surface area contributed by atoms with Crippen molar-refractivity contribution < 1.29 is 23.4 Å². The number of hydrogen-bond acceptors (Lipinski definition) is 5. The van der Waals surface area contributed by atoms with E-state index in [1.54, 1.807) is 33.5 Å². The highest BCUT2D eigenvalue weighted by atomic mass is 16.5. The van der Waals surface area contributed by atoms with Crippen LogP contribution in [0.2, 0.25) is 0 Å². The maximum Gasteiger partial charge on any atom is 0.244 e. The third kappa shape index (κ3) is 4.37. The second-order valence-corrected chi connectivity index (χ2v) is 6.62. The Hall–Kier alpha value is -3.41. The predicted octanol–water partition coefficient (Wildman–Crippen LogP) is 4.66. The zero-order valence-electron chi connectivity index (χ0n) is 17.2. The number of aryl methyl sites for hydroxylation is 1. The van der Waals surface area contributed by atoms with E-state index in [9.17, 15) is 4.79 Å². The number of ether oxygens (including phenoxy) is 3. The van der Waals surface area contributed by atoms with Gasteiger partial charge in [0.05, 0.1) is 27.4 Å². The van der Waals surface area contributed by atoms with E-state index in [1.807, 2.05) is 44.2 Å². The summed E-state index contributed by atoms with van der Waals surface area (Å²) in [7, 11) is 4.80. The summed E-state index contributed by atoms with van der Waals surface area (Å²) in [6.07, 6.45) is 3.18. The van der Waals surface area contributed by atoms with Crippen LogP contribution >= 0.6 is 0 Å². The van der Waals surface area contributed by atoms with E-state index in [1.165, 1.54) is 6.08 Å². The van der Waals surface area contributed by atoms with E-state index in [4.69, 9.17) is 18.6 Å². The summed E-state index contributed by atoms with van der Waals surface area (Å²) in [6, 6.07) is 10.8. The Morgan fingerprint density at radius 2 is 1.72 bits per heavy atom. The summed E-state index contributed by atoms with van der Waals surface area (Å²) < 4.78 is 21.8. The van der Waals surface area contributed by atoms with E-state index < -0.39 is 0 Å². The van der Waals surface area contributed by atoms with E-state index in [0.717, 1.165) is 33.6 Å². The van der Waals surface area contributed by atoms with Crippen molar-refractivity contribution in [2.24, 2.45) is 0 Å². The van der Waals surface area contributed by atoms with Gasteiger partial charge in [-0.15, -0.1) is 0 Å². The Morgan fingerprint density at radius 3 is 2.41 bits per heavy atom. The van der Waals surface area contributed by atoms with Crippen molar-refractivity contribution in [2.45, 2.75) is 19.9 Å². The lowest BCUT2D eigenvalue weighted by Gasteiger charge is -2.11. The molecule has 1 unspecified atom stereocenters. The zero-order valence-corrected chi connectivity index (χ0v) is 17.2. The number of carbonyl (C=O) groups is 1. The minimum atomic E-state index is -0.289. The van der Waals surface area contributed by atoms with Crippen molar-refractivity contribution in [3.8, 4) is 17.2 Å². The monoisotopic (exact) mass is 395 g/mol. The summed E-state index contributed by atoms with van der Waals surface area (Å²) in [5, 5.41) is 3.91. The van der Waals surface area contributed by atoms with Gasteiger partial charge in [-0.05, 0) is 50.3 Å². The van der Waals surface area contributed by atoms with Crippen LogP contribution in [0.15, 0.2) is 46.9 Å². The van der Waals surface area contributed by atoms with Crippen LogP contribution in [-0.2, 0) is 4.79 Å². The van der Waals surface area contributed by atoms with Crippen LogP contribution in [0.25, 0.3) is 17.0 Å². The number of nitrogens with one attached hydrogen (secondary N) is 1. The molecule has 0 aliphatic rings. The molecule has 2 aromatic carbocycles. The Bertz CT molecular complexity index is 1050. The van der Waals surface area contributed by atoms with Gasteiger partial charge in [-0.2, -0.15) is 0 Å². The molecule has 0 fully saturated rings. The van der Waals surface area contributed by atoms with E-state index in [-0.39, 0.29) is 11.9 Å². The summed E-state index contributed by atoms with van der Waals surface area (Å²) >= 11 is 0. The first-order valence-corrected chi connectivity index (χ1v) is 9.24. The Labute approximate surface area is 170 Å². The van der Waals surface area contributed by atoms with E-state index >= 15 is 0 Å². The number of methoxy groups -OCH3 is 3. The highest BCUT2D eigenvalue weighted by Gasteiger charge is 2.18. The van der Waals surface area contributed by atoms with Crippen molar-refractivity contribution in [1.82, 2.24) is 5.32 Å². The van der Waals surface area contributed by atoms with E-state index in [2.05, 4.69) is 5.32 Å². The number of rotatable bonds is 7. The zero-order chi connectivity index (χ0) is 21.0. The molecule has 0 saturated carbocycles. The smallest absolute Gasteiger partial charge is 0.244 e. The molecule has 1 heterocycles. The minimum absolute atomic E-state index is 0.229. The highest BCUT2D eigenvalue weighted by molar-refractivity contribution is 5.92. The van der Waals surface area contributed by atoms with Gasteiger partial charge in [-0.3, -0.25) is 4.79 Å². The Kier molecular flexibility index (Phi) is 6.12. The molecule has 0 saturated heterocycles. The lowest BCUT2D eigenvalue weighted by atomic mass is 10.1. The van der Waals surface area contributed by atoms with Crippen molar-refractivity contribution >= 4 is 23.0 Å². The molecule has 6 nitrogen and oxygen atoms in total. The Balaban J connectivity index is 1.75. The van der Waals surface area contributed by atoms with Crippen LogP contribution in [0, 0.1) is 6.92 Å². The van der Waals surface area contributed by atoms with E-state index in [0.29, 0.717) is 11.5 Å². The van der Waals surface area contributed by atoms with Gasteiger partial charge in [-0.25, -0.2) is 0 Å². The topological polar surface area (TPSA) is 69.9 Å². The maximum absolute atomic E-state index is 12.4. The first-order chi connectivity index (χ1) is 14.0. The predicted molar refractivity (Wildman–Crippen MR) is 113 cm³/mol. The molecule has 0 spiro atoms. The summed E-state index contributed by atoms with van der Waals surface area (Å²) in [6.45, 7) is 3.86. The molecule has 3 rings (SSSR count). The van der Waals surface area contributed by atoms with Crippen LogP contribution in [-0.4, -0.2) is 27.2 Å². The standard InChI is InChI=1S/C23H25NO5/c1-14-19-12-17(26-3)9-10-20(19)29-23(14)15(2)24-22(25)11-7-16-6-8-18(27-4)13-21(16)28-5/h6-13,15H,1-5H3,(H,24,25). The molecule has 3 aromatic rings. The minimum Gasteiger partial charge on any atom is -0.497 e. The molecule has 0 bridgehead atoms. The molecule has 1 amide bonds. The molecule has 29 heavy (non-hydrogen) atoms. The molecule has 6 heteroatoms. The fourth-order valence-corrected chi connectivity index (χ4v) is 3.21. The van der Waals surface area contributed by atoms with Crippen LogP contribution in [0.5, 0.6) is 17.2 Å². The van der Waals surface area contributed by atoms with Crippen LogP contribution in [0.1, 0.15) is 29.9 Å². The summed E-state index contributed by atoms with van der Waals surface area (Å²) in [4.78, 5) is 12.4. The first-order valence-electron chi connectivity index (χ1n) is 9.24. The summed E-state index contributed by atoms with van der Waals surface area (Å²) in [5.41, 5.74) is 2.52. The van der Waals surface area contributed by atoms with Crippen LogP contribution in [0.3, 0.4) is 0 Å². The molecule has 152 valence electrons. The molecule has 1 N–H and O–H groups in total. The maximum atomic E-state index is 12.4. The summed E-state index contributed by atoms with van der Waals surface area (Å²) in [5.74, 6) is 2.57. The van der Waals surface area contributed by atoms with Gasteiger partial charge in [0.2, 0.25) is 5.91 Å². The lowest BCUT2D eigenvalue weighted by molar-refractivity contribution is -0.117. The fourth-order valence-electron chi connectivity index (χ4n) is 3.21.